The summed E-state index contributed by atoms with van der Waals surface area (Å²) in [6.07, 6.45) is -0.164. The highest BCUT2D eigenvalue weighted by atomic mass is 32.2. The van der Waals surface area contributed by atoms with Crippen molar-refractivity contribution in [2.75, 3.05) is 20.7 Å². The molecule has 0 radical (unpaired) electrons. The molecule has 0 aromatic heterocycles. The van der Waals surface area contributed by atoms with Crippen molar-refractivity contribution in [2.45, 2.75) is 12.5 Å². The van der Waals surface area contributed by atoms with Crippen LogP contribution < -0.4 is 4.72 Å². The number of nitrogens with zero attached hydrogens (tertiary/aromatic N) is 1. The van der Waals surface area contributed by atoms with E-state index in [4.69, 9.17) is 10.2 Å². The molecule has 0 spiro atoms. The Bertz CT molecular complexity index is 287. The average molecular weight is 226 g/mol. The minimum absolute atomic E-state index is 0.164. The molecule has 0 saturated carbocycles. The highest BCUT2D eigenvalue weighted by molar-refractivity contribution is 7.87. The fourth-order valence-corrected chi connectivity index (χ4v) is 1.44. The smallest absolute Gasteiger partial charge is 0.321 e. The molecule has 1 atom stereocenters. The SMILES string of the molecule is CN(C)S(=O)(=O)N[C@@H](CCO)C(=O)O. The van der Waals surface area contributed by atoms with Crippen molar-refractivity contribution in [1.82, 2.24) is 9.03 Å². The fourth-order valence-electron chi connectivity index (χ4n) is 0.647. The lowest BCUT2D eigenvalue weighted by Crippen LogP contribution is -2.46. The van der Waals surface area contributed by atoms with Crippen molar-refractivity contribution in [2.24, 2.45) is 0 Å². The summed E-state index contributed by atoms with van der Waals surface area (Å²) >= 11 is 0. The van der Waals surface area contributed by atoms with E-state index >= 15 is 0 Å². The molecule has 84 valence electrons. The van der Waals surface area contributed by atoms with Crippen LogP contribution in [0.2, 0.25) is 0 Å². The number of hydrogen-bond acceptors (Lipinski definition) is 4. The Morgan fingerprint density at radius 3 is 2.29 bits per heavy atom. The minimum atomic E-state index is -3.77. The summed E-state index contributed by atoms with van der Waals surface area (Å²) in [7, 11) is -1.22. The summed E-state index contributed by atoms with van der Waals surface area (Å²) in [4.78, 5) is 10.5. The van der Waals surface area contributed by atoms with E-state index in [1.807, 2.05) is 4.72 Å². The molecule has 8 heteroatoms. The van der Waals surface area contributed by atoms with E-state index in [-0.39, 0.29) is 6.42 Å². The third-order valence-corrected chi connectivity index (χ3v) is 3.03. The van der Waals surface area contributed by atoms with Crippen molar-refractivity contribution in [1.29, 1.82) is 0 Å². The monoisotopic (exact) mass is 226 g/mol. The molecule has 0 unspecified atom stereocenters. The summed E-state index contributed by atoms with van der Waals surface area (Å²) in [6, 6.07) is -1.30. The van der Waals surface area contributed by atoms with Gasteiger partial charge in [0.15, 0.2) is 0 Å². The average Bonchev–Trinajstić information content (AvgIpc) is 2.02. The zero-order chi connectivity index (χ0) is 11.4. The highest BCUT2D eigenvalue weighted by Gasteiger charge is 2.24. The Balaban J connectivity index is 4.53. The predicted octanol–water partition coefficient (Wildman–Crippen LogP) is -1.78. The van der Waals surface area contributed by atoms with Crippen LogP contribution in [0.25, 0.3) is 0 Å². The van der Waals surface area contributed by atoms with Gasteiger partial charge in [0.2, 0.25) is 0 Å². The molecule has 0 aromatic carbocycles. The minimum Gasteiger partial charge on any atom is -0.480 e. The quantitative estimate of drug-likeness (QED) is 0.496. The van der Waals surface area contributed by atoms with Crippen LogP contribution in [0.4, 0.5) is 0 Å². The Kier molecular flexibility index (Phi) is 4.99. The van der Waals surface area contributed by atoms with Crippen LogP contribution in [0.5, 0.6) is 0 Å². The number of carboxylic acids is 1. The number of carbonyl (C=O) groups is 1. The zero-order valence-electron chi connectivity index (χ0n) is 7.97. The van der Waals surface area contributed by atoms with E-state index in [1.165, 1.54) is 14.1 Å². The summed E-state index contributed by atoms with van der Waals surface area (Å²) in [5.41, 5.74) is 0. The van der Waals surface area contributed by atoms with Gasteiger partial charge in [-0.1, -0.05) is 0 Å². The first-order valence-corrected chi connectivity index (χ1v) is 5.28. The maximum Gasteiger partial charge on any atom is 0.321 e. The first-order valence-electron chi connectivity index (χ1n) is 3.84. The second-order valence-corrected chi connectivity index (χ2v) is 4.72. The Labute approximate surface area is 82.5 Å². The molecule has 0 aromatic rings. The molecule has 0 aliphatic carbocycles. The largest absolute Gasteiger partial charge is 0.480 e. The van der Waals surface area contributed by atoms with Gasteiger partial charge in [-0.25, -0.2) is 0 Å². The molecular weight excluding hydrogens is 212 g/mol. The third-order valence-electron chi connectivity index (χ3n) is 1.49. The van der Waals surface area contributed by atoms with Crippen LogP contribution in [0, 0.1) is 0 Å². The number of aliphatic carboxylic acids is 1. The van der Waals surface area contributed by atoms with Gasteiger partial charge in [-0.05, 0) is 6.42 Å². The van der Waals surface area contributed by atoms with E-state index < -0.39 is 28.8 Å². The van der Waals surface area contributed by atoms with Gasteiger partial charge in [-0.2, -0.15) is 17.4 Å². The second kappa shape index (κ2) is 5.25. The summed E-state index contributed by atoms with van der Waals surface area (Å²) in [5, 5.41) is 17.1. The maximum absolute atomic E-state index is 11.2. The van der Waals surface area contributed by atoms with Crippen molar-refractivity contribution in [3.05, 3.63) is 0 Å². The molecule has 7 nitrogen and oxygen atoms in total. The van der Waals surface area contributed by atoms with Crippen LogP contribution in [0.3, 0.4) is 0 Å². The molecule has 0 rings (SSSR count). The topological polar surface area (TPSA) is 107 Å². The molecule has 0 aliphatic rings. The number of nitrogens with one attached hydrogen (secondary N) is 1. The van der Waals surface area contributed by atoms with Gasteiger partial charge in [-0.3, -0.25) is 4.79 Å². The molecule has 0 bridgehead atoms. The fraction of sp³-hybridized carbons (Fsp3) is 0.833. The molecular formula is C6H14N2O5S. The van der Waals surface area contributed by atoms with E-state index in [0.29, 0.717) is 0 Å². The number of hydrogen-bond donors (Lipinski definition) is 3. The Morgan fingerprint density at radius 2 is 2.00 bits per heavy atom. The molecule has 0 amide bonds. The van der Waals surface area contributed by atoms with Crippen LogP contribution in [0.1, 0.15) is 6.42 Å². The van der Waals surface area contributed by atoms with Gasteiger partial charge < -0.3 is 10.2 Å². The summed E-state index contributed by atoms with van der Waals surface area (Å²) in [6.45, 7) is -0.396. The Hall–Kier alpha value is -0.700. The Morgan fingerprint density at radius 1 is 1.50 bits per heavy atom. The number of rotatable bonds is 6. The predicted molar refractivity (Wildman–Crippen MR) is 48.9 cm³/mol. The van der Waals surface area contributed by atoms with Gasteiger partial charge in [0.1, 0.15) is 6.04 Å². The van der Waals surface area contributed by atoms with Gasteiger partial charge >= 0.3 is 5.97 Å². The normalized spacial score (nSPS) is 14.3. The van der Waals surface area contributed by atoms with Crippen molar-refractivity contribution >= 4 is 16.2 Å². The van der Waals surface area contributed by atoms with Crippen LogP contribution in [0.15, 0.2) is 0 Å². The van der Waals surface area contributed by atoms with E-state index in [1.54, 1.807) is 0 Å². The van der Waals surface area contributed by atoms with Crippen molar-refractivity contribution in [3.63, 3.8) is 0 Å². The lowest BCUT2D eigenvalue weighted by molar-refractivity contribution is -0.139. The number of aliphatic hydroxyl groups is 1. The van der Waals surface area contributed by atoms with E-state index in [0.717, 1.165) is 4.31 Å². The molecule has 0 heterocycles. The van der Waals surface area contributed by atoms with Crippen LogP contribution >= 0.6 is 0 Å². The first kappa shape index (κ1) is 13.3. The van der Waals surface area contributed by atoms with E-state index in [2.05, 4.69) is 0 Å². The van der Waals surface area contributed by atoms with Gasteiger partial charge in [0, 0.05) is 20.7 Å². The first-order chi connectivity index (χ1) is 6.31. The molecule has 0 saturated heterocycles. The number of carboxylic acid groups (broad SMARTS) is 1. The van der Waals surface area contributed by atoms with Crippen LogP contribution in [-0.4, -0.2) is 55.6 Å². The maximum atomic E-state index is 11.2. The summed E-state index contributed by atoms with van der Waals surface area (Å²) in [5.74, 6) is -1.32. The lowest BCUT2D eigenvalue weighted by Gasteiger charge is -2.17. The standard InChI is InChI=1S/C6H14N2O5S/c1-8(2)14(12,13)7-5(3-4-9)6(10)11/h5,7,9H,3-4H2,1-2H3,(H,10,11)/t5-/m0/s1. The van der Waals surface area contributed by atoms with Crippen molar-refractivity contribution < 1.29 is 23.4 Å². The van der Waals surface area contributed by atoms with Gasteiger partial charge in [0.25, 0.3) is 10.2 Å². The third kappa shape index (κ3) is 4.01. The molecule has 3 N–H and O–H groups in total. The van der Waals surface area contributed by atoms with Gasteiger partial charge in [-0.15, -0.1) is 0 Å². The summed E-state index contributed by atoms with van der Waals surface area (Å²) < 4.78 is 25.2. The van der Waals surface area contributed by atoms with Gasteiger partial charge in [0.05, 0.1) is 0 Å². The van der Waals surface area contributed by atoms with E-state index in [9.17, 15) is 13.2 Å². The second-order valence-electron chi connectivity index (χ2n) is 2.81. The van der Waals surface area contributed by atoms with Crippen LogP contribution in [-0.2, 0) is 15.0 Å². The molecule has 0 fully saturated rings. The molecule has 14 heavy (non-hydrogen) atoms. The highest BCUT2D eigenvalue weighted by Crippen LogP contribution is 1.97. The molecule has 0 aliphatic heterocycles. The zero-order valence-corrected chi connectivity index (χ0v) is 8.78. The number of aliphatic hydroxyl groups excluding tert-OH is 1. The van der Waals surface area contributed by atoms with Crippen molar-refractivity contribution in [3.8, 4) is 0 Å². The lowest BCUT2D eigenvalue weighted by atomic mass is 10.2.